The topological polar surface area (TPSA) is 120 Å². The van der Waals surface area contributed by atoms with Crippen LogP contribution in [0.2, 0.25) is 0 Å². The molecule has 1 amide bonds. The van der Waals surface area contributed by atoms with Gasteiger partial charge in [-0.1, -0.05) is 6.07 Å². The van der Waals surface area contributed by atoms with E-state index in [0.717, 1.165) is 31.9 Å². The normalized spacial score (nSPS) is 15.7. The van der Waals surface area contributed by atoms with Crippen molar-refractivity contribution in [2.24, 2.45) is 4.99 Å². The van der Waals surface area contributed by atoms with Crippen LogP contribution < -0.4 is 14.4 Å². The molecule has 1 saturated heterocycles. The Morgan fingerprint density at radius 1 is 0.956 bits per heavy atom. The van der Waals surface area contributed by atoms with E-state index >= 15 is 0 Å². The minimum atomic E-state index is -0.442. The fraction of sp³-hybridized carbons (Fsp3) is 0.324. The molecule has 3 heterocycles. The molecule has 2 N–H and O–H groups in total. The maximum absolute atomic E-state index is 13.0. The number of aromatic amines is 1. The van der Waals surface area contributed by atoms with Crippen LogP contribution in [0.15, 0.2) is 65.7 Å². The molecule has 0 saturated carbocycles. The molecule has 11 heteroatoms. The van der Waals surface area contributed by atoms with E-state index in [4.69, 9.17) is 19.2 Å². The van der Waals surface area contributed by atoms with E-state index in [2.05, 4.69) is 21.8 Å². The van der Waals surface area contributed by atoms with E-state index < -0.39 is 5.97 Å². The Labute approximate surface area is 261 Å². The minimum absolute atomic E-state index is 0.0266. The molecular formula is C34H37N5O6. The maximum atomic E-state index is 13.0. The number of esters is 1. The number of nitrogens with zero attached hydrogens (tertiary/aromatic N) is 4. The summed E-state index contributed by atoms with van der Waals surface area (Å²) in [5, 5.41) is 11.9. The lowest BCUT2D eigenvalue weighted by atomic mass is 9.99. The number of ether oxygens (including phenoxy) is 3. The SMILES string of the molecule is CCOC(=O)c1ccc2c(C(=Nc3ccc(N(C)C(=O)CN4CCN(C)CC4)cc3)c3ccc4c(c3)OCCO4)c(O)[nH]c2c1. The zero-order valence-corrected chi connectivity index (χ0v) is 25.7. The molecule has 0 aliphatic carbocycles. The van der Waals surface area contributed by atoms with Crippen LogP contribution in [-0.2, 0) is 9.53 Å². The number of nitrogens with one attached hydrogen (secondary N) is 1. The summed E-state index contributed by atoms with van der Waals surface area (Å²) in [4.78, 5) is 39.5. The number of hydrogen-bond donors (Lipinski definition) is 2. The highest BCUT2D eigenvalue weighted by Gasteiger charge is 2.23. The van der Waals surface area contributed by atoms with Gasteiger partial charge in [0.05, 0.1) is 35.7 Å². The molecule has 2 aliphatic rings. The number of aromatic hydroxyl groups is 1. The number of fused-ring (bicyclic) bond motifs is 2. The van der Waals surface area contributed by atoms with Crippen molar-refractivity contribution in [1.82, 2.24) is 14.8 Å². The first-order valence-electron chi connectivity index (χ1n) is 15.1. The number of H-pyrrole nitrogens is 1. The molecule has 0 bridgehead atoms. The van der Waals surface area contributed by atoms with E-state index in [-0.39, 0.29) is 18.4 Å². The Morgan fingerprint density at radius 3 is 2.40 bits per heavy atom. The third-order valence-electron chi connectivity index (χ3n) is 8.15. The van der Waals surface area contributed by atoms with Gasteiger partial charge in [0.25, 0.3) is 0 Å². The summed E-state index contributed by atoms with van der Waals surface area (Å²) in [6.45, 7) is 6.94. The van der Waals surface area contributed by atoms with Crippen LogP contribution in [0, 0.1) is 0 Å². The molecule has 45 heavy (non-hydrogen) atoms. The van der Waals surface area contributed by atoms with Gasteiger partial charge in [-0.2, -0.15) is 0 Å². The number of rotatable bonds is 8. The van der Waals surface area contributed by atoms with Crippen LogP contribution in [0.25, 0.3) is 10.9 Å². The molecule has 1 aromatic heterocycles. The Balaban J connectivity index is 1.34. The van der Waals surface area contributed by atoms with Gasteiger partial charge in [0.15, 0.2) is 17.4 Å². The van der Waals surface area contributed by atoms with Gasteiger partial charge >= 0.3 is 5.97 Å². The van der Waals surface area contributed by atoms with Crippen molar-refractivity contribution in [3.05, 3.63) is 77.4 Å². The van der Waals surface area contributed by atoms with Crippen LogP contribution in [0.1, 0.15) is 28.4 Å². The predicted molar refractivity (Wildman–Crippen MR) is 172 cm³/mol. The molecule has 1 fully saturated rings. The molecule has 2 aliphatic heterocycles. The number of hydrogen-bond acceptors (Lipinski definition) is 9. The van der Waals surface area contributed by atoms with E-state index in [9.17, 15) is 14.7 Å². The zero-order chi connectivity index (χ0) is 31.5. The Hall–Kier alpha value is -4.87. The average Bonchev–Trinajstić information content (AvgIpc) is 3.39. The van der Waals surface area contributed by atoms with Crippen LogP contribution >= 0.6 is 0 Å². The third-order valence-corrected chi connectivity index (χ3v) is 8.15. The summed E-state index contributed by atoms with van der Waals surface area (Å²) >= 11 is 0. The number of anilines is 1. The van der Waals surface area contributed by atoms with Crippen molar-refractivity contribution in [2.75, 3.05) is 71.5 Å². The van der Waals surface area contributed by atoms with E-state index in [1.54, 1.807) is 37.1 Å². The van der Waals surface area contributed by atoms with Gasteiger partial charge in [-0.3, -0.25) is 9.69 Å². The van der Waals surface area contributed by atoms with Gasteiger partial charge in [-0.25, -0.2) is 9.79 Å². The van der Waals surface area contributed by atoms with Gasteiger partial charge in [0.2, 0.25) is 5.91 Å². The highest BCUT2D eigenvalue weighted by Crippen LogP contribution is 2.36. The van der Waals surface area contributed by atoms with Crippen molar-refractivity contribution >= 4 is 39.9 Å². The smallest absolute Gasteiger partial charge is 0.338 e. The zero-order valence-electron chi connectivity index (χ0n) is 25.7. The lowest BCUT2D eigenvalue weighted by Crippen LogP contribution is -2.48. The summed E-state index contributed by atoms with van der Waals surface area (Å²) in [5.41, 5.74) is 3.99. The van der Waals surface area contributed by atoms with E-state index in [1.807, 2.05) is 42.5 Å². The third kappa shape index (κ3) is 6.50. The number of likely N-dealkylation sites (N-methyl/N-ethyl adjacent to an activating group) is 2. The van der Waals surface area contributed by atoms with Crippen LogP contribution in [0.3, 0.4) is 0 Å². The first-order valence-corrected chi connectivity index (χ1v) is 15.1. The van der Waals surface area contributed by atoms with Gasteiger partial charge < -0.3 is 34.1 Å². The summed E-state index contributed by atoms with van der Waals surface area (Å²) in [7, 11) is 3.88. The molecule has 0 spiro atoms. The van der Waals surface area contributed by atoms with Crippen LogP contribution in [0.4, 0.5) is 11.4 Å². The Morgan fingerprint density at radius 2 is 1.67 bits per heavy atom. The van der Waals surface area contributed by atoms with E-state index in [0.29, 0.717) is 70.2 Å². The van der Waals surface area contributed by atoms with Crippen molar-refractivity contribution < 1.29 is 28.9 Å². The molecule has 4 aromatic rings. The summed E-state index contributed by atoms with van der Waals surface area (Å²) in [5.74, 6) is 0.721. The molecule has 0 radical (unpaired) electrons. The second-order valence-corrected chi connectivity index (χ2v) is 11.2. The van der Waals surface area contributed by atoms with E-state index in [1.165, 1.54) is 0 Å². The minimum Gasteiger partial charge on any atom is -0.494 e. The second-order valence-electron chi connectivity index (χ2n) is 11.2. The number of carbonyl (C=O) groups excluding carboxylic acids is 2. The molecule has 3 aromatic carbocycles. The van der Waals surface area contributed by atoms with Crippen molar-refractivity contribution in [1.29, 1.82) is 0 Å². The second kappa shape index (κ2) is 13.0. The van der Waals surface area contributed by atoms with Crippen LogP contribution in [-0.4, -0.2) is 104 Å². The van der Waals surface area contributed by atoms with Gasteiger partial charge in [0.1, 0.15) is 13.2 Å². The Bertz CT molecular complexity index is 1740. The number of aliphatic imine (C=N–C) groups is 1. The molecule has 11 nitrogen and oxygen atoms in total. The maximum Gasteiger partial charge on any atom is 0.338 e. The molecule has 0 atom stereocenters. The Kier molecular flexibility index (Phi) is 8.72. The lowest BCUT2D eigenvalue weighted by Gasteiger charge is -2.32. The molecule has 0 unspecified atom stereocenters. The number of aromatic nitrogens is 1. The molecular weight excluding hydrogens is 574 g/mol. The number of carbonyl (C=O) groups is 2. The highest BCUT2D eigenvalue weighted by atomic mass is 16.6. The summed E-state index contributed by atoms with van der Waals surface area (Å²) < 4.78 is 16.7. The van der Waals surface area contributed by atoms with Crippen molar-refractivity contribution in [3.63, 3.8) is 0 Å². The van der Waals surface area contributed by atoms with Gasteiger partial charge in [-0.15, -0.1) is 0 Å². The quantitative estimate of drug-likeness (QED) is 0.225. The van der Waals surface area contributed by atoms with Crippen molar-refractivity contribution in [2.45, 2.75) is 6.92 Å². The number of piperazine rings is 1. The standard InChI is InChI=1S/C34H37N5O6/c1-4-43-34(42)23-5-11-26-27(19-23)36-33(41)31(26)32(22-6-12-28-29(20-22)45-18-17-44-28)35-24-7-9-25(10-8-24)38(3)30(40)21-39-15-13-37(2)14-16-39/h5-12,19-20,36,41H,4,13-18,21H2,1-3H3. The first-order chi connectivity index (χ1) is 21.8. The fourth-order valence-corrected chi connectivity index (χ4v) is 5.55. The molecule has 234 valence electrons. The first kappa shape index (κ1) is 30.2. The van der Waals surface area contributed by atoms with Gasteiger partial charge in [-0.05, 0) is 68.6 Å². The monoisotopic (exact) mass is 611 g/mol. The largest absolute Gasteiger partial charge is 0.494 e. The molecule has 6 rings (SSSR count). The van der Waals surface area contributed by atoms with Gasteiger partial charge in [0, 0.05) is 55.4 Å². The van der Waals surface area contributed by atoms with Crippen LogP contribution in [0.5, 0.6) is 17.4 Å². The summed E-state index contributed by atoms with van der Waals surface area (Å²) in [6, 6.07) is 18.1. The predicted octanol–water partition coefficient (Wildman–Crippen LogP) is 4.20. The fourth-order valence-electron chi connectivity index (χ4n) is 5.55. The number of amides is 1. The summed E-state index contributed by atoms with van der Waals surface area (Å²) in [6.07, 6.45) is 0. The highest BCUT2D eigenvalue weighted by molar-refractivity contribution is 6.22. The lowest BCUT2D eigenvalue weighted by molar-refractivity contribution is -0.119. The van der Waals surface area contributed by atoms with Crippen molar-refractivity contribution in [3.8, 4) is 17.4 Å². The number of benzene rings is 3. The average molecular weight is 612 g/mol.